The van der Waals surface area contributed by atoms with Gasteiger partial charge in [0.15, 0.2) is 6.23 Å². The fraction of sp³-hybridized carbons (Fsp3) is 0.383. The number of rotatable bonds is 15. The molecule has 2 fully saturated rings. The van der Waals surface area contributed by atoms with E-state index < -0.39 is 6.23 Å². The number of aryl methyl sites for hydroxylation is 4. The number of pyridine rings is 2. The highest BCUT2D eigenvalue weighted by Gasteiger charge is 2.22. The third-order valence-corrected chi connectivity index (χ3v) is 11.6. The molecule has 6 aromatic rings. The fourth-order valence-corrected chi connectivity index (χ4v) is 7.81. The average Bonchev–Trinajstić information content (AvgIpc) is 3.31. The largest absolute Gasteiger partial charge is 0.368 e. The van der Waals surface area contributed by atoms with Crippen molar-refractivity contribution in [1.82, 2.24) is 49.7 Å². The molecule has 1 unspecified atom stereocenters. The number of para-hydroxylation sites is 1. The van der Waals surface area contributed by atoms with E-state index in [0.29, 0.717) is 77.7 Å². The van der Waals surface area contributed by atoms with Gasteiger partial charge in [0.05, 0.1) is 5.69 Å². The predicted molar refractivity (Wildman–Crippen MR) is 255 cm³/mol. The Labute approximate surface area is 380 Å². The van der Waals surface area contributed by atoms with Crippen molar-refractivity contribution in [3.05, 3.63) is 118 Å². The molecule has 0 radical (unpaired) electrons. The van der Waals surface area contributed by atoms with E-state index >= 15 is 0 Å². The number of nitrogens with one attached hydrogen (secondary N) is 4. The summed E-state index contributed by atoms with van der Waals surface area (Å²) < 4.78 is 0. The van der Waals surface area contributed by atoms with Crippen LogP contribution in [0.25, 0.3) is 0 Å². The SMILES string of the molecule is CCc1nc(Nc2cccc(C(=O)Nc3c(C)cc(Cc4ccc(C(O)Nc5ccccc5)nc4Nc4nc(CC)nc(N5CCN(C)CC5)n4)cc3C)n2)nc(N2CCN(C)CC2)n1. The Morgan fingerprint density at radius 1 is 0.662 bits per heavy atom. The smallest absolute Gasteiger partial charge is 0.274 e. The van der Waals surface area contributed by atoms with Gasteiger partial charge in [0.25, 0.3) is 5.91 Å². The van der Waals surface area contributed by atoms with E-state index in [-0.39, 0.29) is 11.6 Å². The summed E-state index contributed by atoms with van der Waals surface area (Å²) in [5.74, 6) is 4.00. The second kappa shape index (κ2) is 20.3. The number of anilines is 8. The molecule has 8 rings (SSSR count). The summed E-state index contributed by atoms with van der Waals surface area (Å²) >= 11 is 0. The minimum absolute atomic E-state index is 0.244. The molecule has 1 atom stereocenters. The Morgan fingerprint density at radius 3 is 1.83 bits per heavy atom. The lowest BCUT2D eigenvalue weighted by Crippen LogP contribution is -2.45. The number of aromatic nitrogens is 8. The lowest BCUT2D eigenvalue weighted by atomic mass is 9.98. The highest BCUT2D eigenvalue weighted by atomic mass is 16.3. The maximum Gasteiger partial charge on any atom is 0.274 e. The van der Waals surface area contributed by atoms with E-state index in [4.69, 9.17) is 24.9 Å². The van der Waals surface area contributed by atoms with Crippen LogP contribution in [0.1, 0.15) is 70.2 Å². The van der Waals surface area contributed by atoms with Crippen LogP contribution >= 0.6 is 0 Å². The molecule has 65 heavy (non-hydrogen) atoms. The lowest BCUT2D eigenvalue weighted by molar-refractivity contribution is 0.102. The first-order valence-electron chi connectivity index (χ1n) is 22.3. The fourth-order valence-electron chi connectivity index (χ4n) is 7.81. The average molecular weight is 879 g/mol. The molecule has 338 valence electrons. The molecule has 18 heteroatoms. The quantitative estimate of drug-likeness (QED) is 0.0806. The molecular weight excluding hydrogens is 821 g/mol. The van der Waals surface area contributed by atoms with Crippen LogP contribution in [0.15, 0.2) is 72.8 Å². The highest BCUT2D eigenvalue weighted by molar-refractivity contribution is 6.04. The van der Waals surface area contributed by atoms with Crippen LogP contribution in [-0.4, -0.2) is 127 Å². The molecule has 5 N–H and O–H groups in total. The first-order valence-corrected chi connectivity index (χ1v) is 22.3. The summed E-state index contributed by atoms with van der Waals surface area (Å²) in [6.07, 6.45) is 0.708. The monoisotopic (exact) mass is 878 g/mol. The maximum atomic E-state index is 13.8. The van der Waals surface area contributed by atoms with Crippen molar-refractivity contribution in [2.24, 2.45) is 0 Å². The van der Waals surface area contributed by atoms with Crippen molar-refractivity contribution in [3.63, 3.8) is 0 Å². The number of nitrogens with zero attached hydrogens (tertiary/aromatic N) is 12. The zero-order valence-corrected chi connectivity index (χ0v) is 38.0. The second-order valence-electron chi connectivity index (χ2n) is 16.6. The number of likely N-dealkylation sites (N-methyl/N-ethyl adjacent to an activating group) is 2. The maximum absolute atomic E-state index is 13.8. The Hall–Kier alpha value is -6.89. The summed E-state index contributed by atoms with van der Waals surface area (Å²) in [6.45, 7) is 15.0. The Bertz CT molecular complexity index is 2570. The summed E-state index contributed by atoms with van der Waals surface area (Å²) in [4.78, 5) is 60.7. The van der Waals surface area contributed by atoms with Crippen molar-refractivity contribution >= 4 is 52.7 Å². The molecule has 2 aliphatic heterocycles. The Morgan fingerprint density at radius 2 is 1.25 bits per heavy atom. The number of aliphatic hydroxyl groups excluding tert-OH is 1. The Balaban J connectivity index is 1.01. The number of carbonyl (C=O) groups is 1. The molecular formula is C47H58N16O2. The van der Waals surface area contributed by atoms with Crippen molar-refractivity contribution in [2.75, 3.05) is 97.5 Å². The molecule has 0 spiro atoms. The summed E-state index contributed by atoms with van der Waals surface area (Å²) in [5.41, 5.74) is 5.79. The number of benzene rings is 2. The van der Waals surface area contributed by atoms with Gasteiger partial charge in [-0.05, 0) is 80.5 Å². The van der Waals surface area contributed by atoms with Gasteiger partial charge in [-0.3, -0.25) is 4.79 Å². The predicted octanol–water partition coefficient (Wildman–Crippen LogP) is 5.53. The van der Waals surface area contributed by atoms with Gasteiger partial charge < -0.3 is 46.0 Å². The third kappa shape index (κ3) is 11.3. The summed E-state index contributed by atoms with van der Waals surface area (Å²) in [5, 5.41) is 24.1. The van der Waals surface area contributed by atoms with Gasteiger partial charge >= 0.3 is 0 Å². The van der Waals surface area contributed by atoms with Crippen LogP contribution in [-0.2, 0) is 19.3 Å². The van der Waals surface area contributed by atoms with E-state index in [0.717, 1.165) is 80.3 Å². The number of piperazine rings is 2. The van der Waals surface area contributed by atoms with Crippen molar-refractivity contribution in [1.29, 1.82) is 0 Å². The van der Waals surface area contributed by atoms with Gasteiger partial charge in [0.2, 0.25) is 23.8 Å². The Kier molecular flexibility index (Phi) is 14.0. The molecule has 18 nitrogen and oxygen atoms in total. The topological polar surface area (TPSA) is 202 Å². The standard InChI is InChI=1S/C47H58N16O2/c1-7-37-51-44(58-46(54-37)62-23-19-60(5)20-24-62)53-39-16-12-15-35(49-39)43(65)56-40-30(3)27-32(28-31(40)4)29-33-17-18-36(42(64)48-34-13-10-9-11-14-34)50-41(33)57-45-52-38(8-2)55-47(59-45)63-25-21-61(6)22-26-63/h9-18,27-28,42,48,64H,7-8,19-26,29H2,1-6H3,(H,56,65)(H,49,51,53,54,58)(H,50,52,55,57,59). The first-order chi connectivity index (χ1) is 31.5. The molecule has 0 saturated carbocycles. The molecule has 1 amide bonds. The van der Waals surface area contributed by atoms with Crippen molar-refractivity contribution in [2.45, 2.75) is 53.2 Å². The van der Waals surface area contributed by atoms with Crippen LogP contribution in [0.2, 0.25) is 0 Å². The van der Waals surface area contributed by atoms with Gasteiger partial charge in [-0.2, -0.15) is 29.9 Å². The van der Waals surface area contributed by atoms with Crippen LogP contribution in [0, 0.1) is 13.8 Å². The molecule has 6 heterocycles. The minimum atomic E-state index is -1.08. The zero-order valence-electron chi connectivity index (χ0n) is 38.0. The number of carbonyl (C=O) groups excluding carboxylic acids is 1. The molecule has 2 aromatic carbocycles. The zero-order chi connectivity index (χ0) is 45.5. The first kappa shape index (κ1) is 44.7. The molecule has 2 saturated heterocycles. The molecule has 0 aliphatic carbocycles. The van der Waals surface area contributed by atoms with E-state index in [1.807, 2.05) is 70.2 Å². The normalized spacial score (nSPS) is 15.1. The van der Waals surface area contributed by atoms with Crippen molar-refractivity contribution in [3.8, 4) is 0 Å². The lowest BCUT2D eigenvalue weighted by Gasteiger charge is -2.32. The van der Waals surface area contributed by atoms with E-state index in [1.165, 1.54) is 0 Å². The molecule has 0 bridgehead atoms. The molecule has 4 aromatic heterocycles. The van der Waals surface area contributed by atoms with E-state index in [1.54, 1.807) is 18.2 Å². The van der Waals surface area contributed by atoms with Crippen LogP contribution < -0.4 is 31.1 Å². The second-order valence-corrected chi connectivity index (χ2v) is 16.6. The third-order valence-electron chi connectivity index (χ3n) is 11.6. The van der Waals surface area contributed by atoms with Gasteiger partial charge in [-0.15, -0.1) is 0 Å². The van der Waals surface area contributed by atoms with Crippen LogP contribution in [0.5, 0.6) is 0 Å². The highest BCUT2D eigenvalue weighted by Crippen LogP contribution is 2.29. The van der Waals surface area contributed by atoms with E-state index in [9.17, 15) is 9.90 Å². The number of hydrogen-bond acceptors (Lipinski definition) is 17. The number of aliphatic hydroxyl groups is 1. The summed E-state index contributed by atoms with van der Waals surface area (Å²) in [7, 11) is 4.23. The summed E-state index contributed by atoms with van der Waals surface area (Å²) in [6, 6.07) is 22.7. The van der Waals surface area contributed by atoms with Crippen LogP contribution in [0.3, 0.4) is 0 Å². The number of hydrogen-bond donors (Lipinski definition) is 5. The molecule has 2 aliphatic rings. The number of amides is 1. The van der Waals surface area contributed by atoms with Crippen molar-refractivity contribution < 1.29 is 9.90 Å². The van der Waals surface area contributed by atoms with Crippen LogP contribution in [0.4, 0.5) is 46.8 Å². The van der Waals surface area contributed by atoms with E-state index in [2.05, 4.69) is 82.0 Å². The van der Waals surface area contributed by atoms with Gasteiger partial charge in [-0.25, -0.2) is 9.97 Å². The van der Waals surface area contributed by atoms with Gasteiger partial charge in [0.1, 0.15) is 29.0 Å². The van der Waals surface area contributed by atoms with Gasteiger partial charge in [-0.1, -0.05) is 56.3 Å². The minimum Gasteiger partial charge on any atom is -0.368 e. The van der Waals surface area contributed by atoms with Gasteiger partial charge in [0, 0.05) is 83.0 Å².